The van der Waals surface area contributed by atoms with Crippen molar-refractivity contribution in [3.05, 3.63) is 100 Å². The molecule has 176 valence electrons. The topological polar surface area (TPSA) is 61.4 Å². The zero-order chi connectivity index (χ0) is 24.3. The number of fused-ring (bicyclic) bond motifs is 1. The number of carbonyl (C=O) groups excluding carboxylic acids is 2. The number of hydrogen-bond acceptors (Lipinski definition) is 3. The van der Waals surface area contributed by atoms with Crippen molar-refractivity contribution in [2.75, 3.05) is 18.4 Å². The van der Waals surface area contributed by atoms with Gasteiger partial charge in [-0.15, -0.1) is 0 Å². The van der Waals surface area contributed by atoms with E-state index in [1.807, 2.05) is 6.92 Å². The molecule has 1 aliphatic rings. The summed E-state index contributed by atoms with van der Waals surface area (Å²) in [4.78, 5) is 27.9. The molecule has 0 spiro atoms. The number of benzene rings is 3. The van der Waals surface area contributed by atoms with E-state index in [0.717, 1.165) is 25.1 Å². The lowest BCUT2D eigenvalue weighted by atomic mass is 9.94. The van der Waals surface area contributed by atoms with Gasteiger partial charge in [0.15, 0.2) is 0 Å². The second kappa shape index (κ2) is 9.77. The molecule has 0 aliphatic carbocycles. The highest BCUT2D eigenvalue weighted by molar-refractivity contribution is 6.05. The Balaban J connectivity index is 1.41. The van der Waals surface area contributed by atoms with Gasteiger partial charge >= 0.3 is 0 Å². The van der Waals surface area contributed by atoms with E-state index in [9.17, 15) is 14.0 Å². The minimum Gasteiger partial charge on any atom is -0.350 e. The molecule has 4 rings (SSSR count). The average Bonchev–Trinajstić information content (AvgIpc) is 2.83. The summed E-state index contributed by atoms with van der Waals surface area (Å²) in [5.74, 6) is -1.36. The smallest absolute Gasteiger partial charge is 0.258 e. The van der Waals surface area contributed by atoms with E-state index >= 15 is 0 Å². The predicted octanol–water partition coefficient (Wildman–Crippen LogP) is 4.95. The third-order valence-electron chi connectivity index (χ3n) is 6.53. The van der Waals surface area contributed by atoms with Crippen LogP contribution in [-0.4, -0.2) is 35.3 Å². The van der Waals surface area contributed by atoms with E-state index in [4.69, 9.17) is 0 Å². The van der Waals surface area contributed by atoms with Gasteiger partial charge in [0.05, 0.1) is 5.56 Å². The van der Waals surface area contributed by atoms with Crippen molar-refractivity contribution in [3.8, 4) is 0 Å². The maximum atomic E-state index is 14.0. The summed E-state index contributed by atoms with van der Waals surface area (Å²) in [6.07, 6.45) is 0.997. The molecule has 0 bridgehead atoms. The third kappa shape index (κ3) is 5.18. The van der Waals surface area contributed by atoms with Crippen molar-refractivity contribution in [3.63, 3.8) is 0 Å². The van der Waals surface area contributed by atoms with Crippen LogP contribution in [0.15, 0.2) is 66.7 Å². The molecule has 0 aromatic heterocycles. The van der Waals surface area contributed by atoms with E-state index in [-0.39, 0.29) is 17.0 Å². The second-order valence-electron chi connectivity index (χ2n) is 9.40. The lowest BCUT2D eigenvalue weighted by Gasteiger charge is -2.41. The molecule has 2 N–H and O–H groups in total. The Morgan fingerprint density at radius 1 is 0.971 bits per heavy atom. The average molecular weight is 460 g/mol. The van der Waals surface area contributed by atoms with Crippen molar-refractivity contribution < 1.29 is 14.0 Å². The largest absolute Gasteiger partial charge is 0.350 e. The fourth-order valence-corrected chi connectivity index (χ4v) is 4.26. The standard InChI is InChI=1S/C28H30FN3O2/c1-19-12-13-21(16-25(19)31-27(34)23-10-6-7-11-24(23)29)26(33)30-18-28(2,3)32-15-14-20-8-4-5-9-22(20)17-32/h4-13,16H,14-15,17-18H2,1-3H3,(H,30,33)(H,31,34). The van der Waals surface area contributed by atoms with Gasteiger partial charge < -0.3 is 10.6 Å². The first-order valence-corrected chi connectivity index (χ1v) is 11.5. The van der Waals surface area contributed by atoms with Crippen LogP contribution in [0.25, 0.3) is 0 Å². The van der Waals surface area contributed by atoms with Crippen molar-refractivity contribution >= 4 is 17.5 Å². The molecule has 6 heteroatoms. The van der Waals surface area contributed by atoms with Crippen LogP contribution in [-0.2, 0) is 13.0 Å². The van der Waals surface area contributed by atoms with Gasteiger partial charge in [-0.25, -0.2) is 4.39 Å². The number of amides is 2. The van der Waals surface area contributed by atoms with Crippen LogP contribution in [0.4, 0.5) is 10.1 Å². The van der Waals surface area contributed by atoms with Gasteiger partial charge in [0.25, 0.3) is 11.8 Å². The lowest BCUT2D eigenvalue weighted by molar-refractivity contribution is 0.0826. The van der Waals surface area contributed by atoms with Gasteiger partial charge in [-0.2, -0.15) is 0 Å². The van der Waals surface area contributed by atoms with E-state index in [0.29, 0.717) is 17.8 Å². The third-order valence-corrected chi connectivity index (χ3v) is 6.53. The molecule has 2 amide bonds. The van der Waals surface area contributed by atoms with Gasteiger partial charge in [0.2, 0.25) is 0 Å². The fraction of sp³-hybridized carbons (Fsp3) is 0.286. The molecule has 5 nitrogen and oxygen atoms in total. The Hall–Kier alpha value is -3.51. The number of carbonyl (C=O) groups is 2. The number of rotatable bonds is 6. The summed E-state index contributed by atoms with van der Waals surface area (Å²) in [6.45, 7) is 8.38. The molecule has 3 aromatic rings. The Morgan fingerprint density at radius 2 is 1.68 bits per heavy atom. The summed E-state index contributed by atoms with van der Waals surface area (Å²) < 4.78 is 14.0. The maximum Gasteiger partial charge on any atom is 0.258 e. The molecule has 1 aliphatic heterocycles. The van der Waals surface area contributed by atoms with Gasteiger partial charge in [0.1, 0.15) is 5.82 Å². The van der Waals surface area contributed by atoms with Crippen LogP contribution < -0.4 is 10.6 Å². The second-order valence-corrected chi connectivity index (χ2v) is 9.40. The highest BCUT2D eigenvalue weighted by Gasteiger charge is 2.30. The highest BCUT2D eigenvalue weighted by atomic mass is 19.1. The van der Waals surface area contributed by atoms with Crippen molar-refractivity contribution in [2.24, 2.45) is 0 Å². The summed E-state index contributed by atoms with van der Waals surface area (Å²) >= 11 is 0. The van der Waals surface area contributed by atoms with Crippen LogP contribution in [0.3, 0.4) is 0 Å². The molecule has 0 fully saturated rings. The van der Waals surface area contributed by atoms with Crippen LogP contribution in [0.2, 0.25) is 0 Å². The predicted molar refractivity (Wildman–Crippen MR) is 133 cm³/mol. The van der Waals surface area contributed by atoms with Crippen LogP contribution in [0, 0.1) is 12.7 Å². The molecule has 0 saturated carbocycles. The van der Waals surface area contributed by atoms with Crippen molar-refractivity contribution in [1.82, 2.24) is 10.2 Å². The summed E-state index contributed by atoms with van der Waals surface area (Å²) in [7, 11) is 0. The zero-order valence-electron chi connectivity index (χ0n) is 19.8. The first-order chi connectivity index (χ1) is 16.2. The van der Waals surface area contributed by atoms with Crippen LogP contribution in [0.1, 0.15) is 51.3 Å². The van der Waals surface area contributed by atoms with Crippen molar-refractivity contribution in [2.45, 2.75) is 39.3 Å². The Bertz CT molecular complexity index is 1220. The van der Waals surface area contributed by atoms with Crippen LogP contribution >= 0.6 is 0 Å². The summed E-state index contributed by atoms with van der Waals surface area (Å²) in [5.41, 5.74) is 4.16. The molecule has 0 saturated heterocycles. The fourth-order valence-electron chi connectivity index (χ4n) is 4.26. The molecule has 3 aromatic carbocycles. The molecular weight excluding hydrogens is 429 g/mol. The number of nitrogens with zero attached hydrogens (tertiary/aromatic N) is 1. The summed E-state index contributed by atoms with van der Waals surface area (Å²) in [6, 6.07) is 19.4. The monoisotopic (exact) mass is 459 g/mol. The van der Waals surface area contributed by atoms with E-state index in [2.05, 4.69) is 53.6 Å². The Morgan fingerprint density at radius 3 is 2.44 bits per heavy atom. The van der Waals surface area contributed by atoms with Crippen molar-refractivity contribution in [1.29, 1.82) is 0 Å². The Labute approximate surface area is 200 Å². The van der Waals surface area contributed by atoms with Gasteiger partial charge in [-0.1, -0.05) is 42.5 Å². The molecular formula is C28H30FN3O2. The quantitative estimate of drug-likeness (QED) is 0.548. The van der Waals surface area contributed by atoms with Gasteiger partial charge in [0, 0.05) is 36.4 Å². The molecule has 34 heavy (non-hydrogen) atoms. The number of nitrogens with one attached hydrogen (secondary N) is 2. The van der Waals surface area contributed by atoms with Crippen LogP contribution in [0.5, 0.6) is 0 Å². The molecule has 0 atom stereocenters. The normalized spacial score (nSPS) is 13.8. The zero-order valence-corrected chi connectivity index (χ0v) is 19.8. The first kappa shape index (κ1) is 23.6. The van der Waals surface area contributed by atoms with Gasteiger partial charge in [-0.05, 0) is 68.1 Å². The highest BCUT2D eigenvalue weighted by Crippen LogP contribution is 2.25. The first-order valence-electron chi connectivity index (χ1n) is 11.5. The number of anilines is 1. The lowest BCUT2D eigenvalue weighted by Crippen LogP contribution is -2.53. The van der Waals surface area contributed by atoms with E-state index < -0.39 is 11.7 Å². The molecule has 0 unspecified atom stereocenters. The van der Waals surface area contributed by atoms with E-state index in [1.165, 1.54) is 29.3 Å². The summed E-state index contributed by atoms with van der Waals surface area (Å²) in [5, 5.41) is 5.78. The minimum atomic E-state index is -0.589. The maximum absolute atomic E-state index is 14.0. The number of halogens is 1. The minimum absolute atomic E-state index is 0.0402. The molecule has 1 heterocycles. The number of hydrogen-bond donors (Lipinski definition) is 2. The SMILES string of the molecule is Cc1ccc(C(=O)NCC(C)(C)N2CCc3ccccc3C2)cc1NC(=O)c1ccccc1F. The van der Waals surface area contributed by atoms with E-state index in [1.54, 1.807) is 24.3 Å². The molecule has 0 radical (unpaired) electrons. The number of aryl methyl sites for hydroxylation is 1. The van der Waals surface area contributed by atoms with Gasteiger partial charge in [-0.3, -0.25) is 14.5 Å². The Kier molecular flexibility index (Phi) is 6.80.